The monoisotopic (exact) mass is 390 g/mol. The molecule has 0 atom stereocenters. The summed E-state index contributed by atoms with van der Waals surface area (Å²) >= 11 is 1.26. The summed E-state index contributed by atoms with van der Waals surface area (Å²) in [7, 11) is 1.55. The van der Waals surface area contributed by atoms with Crippen LogP contribution in [0.2, 0.25) is 0 Å². The van der Waals surface area contributed by atoms with Gasteiger partial charge in [0.1, 0.15) is 11.6 Å². The van der Waals surface area contributed by atoms with Crippen LogP contribution >= 0.6 is 11.8 Å². The second-order valence-electron chi connectivity index (χ2n) is 5.56. The van der Waals surface area contributed by atoms with Gasteiger partial charge in [-0.05, 0) is 55.0 Å². The highest BCUT2D eigenvalue weighted by Gasteiger charge is 2.09. The Balaban J connectivity index is 2.10. The van der Waals surface area contributed by atoms with Crippen LogP contribution in [-0.4, -0.2) is 35.6 Å². The minimum Gasteiger partial charge on any atom is -0.496 e. The third-order valence-corrected chi connectivity index (χ3v) is 4.58. The molecular formula is C19H19FN2O4S. The van der Waals surface area contributed by atoms with Crippen LogP contribution in [0, 0.1) is 5.82 Å². The van der Waals surface area contributed by atoms with Gasteiger partial charge in [0.25, 0.3) is 5.91 Å². The molecule has 2 rings (SSSR count). The fourth-order valence-corrected chi connectivity index (χ4v) is 2.95. The Bertz CT molecular complexity index is 853. The summed E-state index contributed by atoms with van der Waals surface area (Å²) in [5, 5.41) is 12.8. The first kappa shape index (κ1) is 20.4. The molecule has 2 aromatic carbocycles. The van der Waals surface area contributed by atoms with Gasteiger partial charge in [-0.25, -0.2) is 9.82 Å². The maximum absolute atomic E-state index is 12.9. The van der Waals surface area contributed by atoms with Crippen LogP contribution in [-0.2, 0) is 10.5 Å². The Labute approximate surface area is 160 Å². The number of aliphatic carboxylic acids is 1. The van der Waals surface area contributed by atoms with E-state index in [1.54, 1.807) is 26.2 Å². The van der Waals surface area contributed by atoms with Crippen LogP contribution in [0.3, 0.4) is 0 Å². The van der Waals surface area contributed by atoms with Crippen LogP contribution in [0.15, 0.2) is 47.6 Å². The molecule has 0 aliphatic carbocycles. The van der Waals surface area contributed by atoms with Crippen molar-refractivity contribution in [1.82, 2.24) is 5.43 Å². The largest absolute Gasteiger partial charge is 0.496 e. The number of halogens is 1. The average Bonchev–Trinajstić information content (AvgIpc) is 2.66. The predicted molar refractivity (Wildman–Crippen MR) is 103 cm³/mol. The number of carbonyl (C=O) groups is 2. The predicted octanol–water partition coefficient (Wildman–Crippen LogP) is 3.31. The SMILES string of the molecule is COc1ccc(/C(C)=N\NC(=O)c2ccc(F)cc2)cc1CSCC(=O)O. The molecular weight excluding hydrogens is 371 g/mol. The molecule has 0 heterocycles. The minimum absolute atomic E-state index is 0.00577. The summed E-state index contributed by atoms with van der Waals surface area (Å²) in [4.78, 5) is 22.7. The van der Waals surface area contributed by atoms with Gasteiger partial charge in [-0.3, -0.25) is 9.59 Å². The molecule has 0 aromatic heterocycles. The van der Waals surface area contributed by atoms with Crippen molar-refractivity contribution in [2.24, 2.45) is 5.10 Å². The van der Waals surface area contributed by atoms with Crippen LogP contribution < -0.4 is 10.2 Å². The maximum atomic E-state index is 12.9. The highest BCUT2D eigenvalue weighted by atomic mass is 32.2. The van der Waals surface area contributed by atoms with Gasteiger partial charge in [-0.1, -0.05) is 0 Å². The number of hydrogen-bond acceptors (Lipinski definition) is 5. The number of nitrogens with zero attached hydrogens (tertiary/aromatic N) is 1. The highest BCUT2D eigenvalue weighted by Crippen LogP contribution is 2.25. The van der Waals surface area contributed by atoms with Gasteiger partial charge >= 0.3 is 5.97 Å². The maximum Gasteiger partial charge on any atom is 0.313 e. The Morgan fingerprint density at radius 1 is 1.19 bits per heavy atom. The second kappa shape index (κ2) is 9.72. The molecule has 2 N–H and O–H groups in total. The molecule has 0 saturated heterocycles. The van der Waals surface area contributed by atoms with Gasteiger partial charge < -0.3 is 9.84 Å². The smallest absolute Gasteiger partial charge is 0.313 e. The number of hydrazone groups is 1. The first-order valence-electron chi connectivity index (χ1n) is 7.97. The number of carbonyl (C=O) groups excluding carboxylic acids is 1. The van der Waals surface area contributed by atoms with E-state index >= 15 is 0 Å². The summed E-state index contributed by atoms with van der Waals surface area (Å²) < 4.78 is 18.2. The summed E-state index contributed by atoms with van der Waals surface area (Å²) in [6.45, 7) is 1.74. The van der Waals surface area contributed by atoms with Gasteiger partial charge in [-0.15, -0.1) is 11.8 Å². The van der Waals surface area contributed by atoms with Gasteiger partial charge in [0, 0.05) is 16.9 Å². The van der Waals surface area contributed by atoms with Gasteiger partial charge in [0.05, 0.1) is 18.6 Å². The molecule has 142 valence electrons. The van der Waals surface area contributed by atoms with Crippen LogP contribution in [0.5, 0.6) is 5.75 Å². The number of carboxylic acid groups (broad SMARTS) is 1. The lowest BCUT2D eigenvalue weighted by Crippen LogP contribution is -2.19. The molecule has 0 fully saturated rings. The molecule has 0 aliphatic rings. The second-order valence-corrected chi connectivity index (χ2v) is 6.54. The lowest BCUT2D eigenvalue weighted by molar-refractivity contribution is -0.133. The zero-order chi connectivity index (χ0) is 19.8. The summed E-state index contributed by atoms with van der Waals surface area (Å²) in [5.74, 6) is -0.624. The summed E-state index contributed by atoms with van der Waals surface area (Å²) in [6.07, 6.45) is 0. The van der Waals surface area contributed by atoms with Crippen LogP contribution in [0.1, 0.15) is 28.4 Å². The average molecular weight is 390 g/mol. The minimum atomic E-state index is -0.878. The number of methoxy groups -OCH3 is 1. The van der Waals surface area contributed by atoms with E-state index in [0.717, 1.165) is 11.1 Å². The number of thioether (sulfide) groups is 1. The van der Waals surface area contributed by atoms with Crippen molar-refractivity contribution >= 4 is 29.4 Å². The van der Waals surface area contributed by atoms with E-state index in [0.29, 0.717) is 22.8 Å². The van der Waals surface area contributed by atoms with E-state index in [4.69, 9.17) is 9.84 Å². The molecule has 0 unspecified atom stereocenters. The van der Waals surface area contributed by atoms with Gasteiger partial charge in [-0.2, -0.15) is 5.10 Å². The van der Waals surface area contributed by atoms with Crippen LogP contribution in [0.4, 0.5) is 4.39 Å². The first-order chi connectivity index (χ1) is 12.9. The molecule has 6 nitrogen and oxygen atoms in total. The molecule has 1 amide bonds. The summed E-state index contributed by atoms with van der Waals surface area (Å²) in [6, 6.07) is 10.6. The molecule has 2 aromatic rings. The van der Waals surface area contributed by atoms with Gasteiger partial charge in [0.2, 0.25) is 0 Å². The van der Waals surface area contributed by atoms with E-state index in [2.05, 4.69) is 10.5 Å². The third kappa shape index (κ3) is 6.10. The normalized spacial score (nSPS) is 11.1. The molecule has 8 heteroatoms. The van der Waals surface area contributed by atoms with Crippen molar-refractivity contribution in [1.29, 1.82) is 0 Å². The van der Waals surface area contributed by atoms with Gasteiger partial charge in [0.15, 0.2) is 0 Å². The molecule has 0 saturated carbocycles. The van der Waals surface area contributed by atoms with Crippen molar-refractivity contribution in [2.45, 2.75) is 12.7 Å². The topological polar surface area (TPSA) is 88.0 Å². The number of benzene rings is 2. The Hall–Kier alpha value is -2.87. The quantitative estimate of drug-likeness (QED) is 0.533. The zero-order valence-corrected chi connectivity index (χ0v) is 15.7. The van der Waals surface area contributed by atoms with Crippen molar-refractivity contribution in [3.63, 3.8) is 0 Å². The molecule has 0 spiro atoms. The Kier molecular flexibility index (Phi) is 7.36. The molecule has 0 aliphatic heterocycles. The fraction of sp³-hybridized carbons (Fsp3) is 0.211. The molecule has 27 heavy (non-hydrogen) atoms. The number of nitrogens with one attached hydrogen (secondary N) is 1. The van der Waals surface area contributed by atoms with Crippen LogP contribution in [0.25, 0.3) is 0 Å². The number of amides is 1. The van der Waals surface area contributed by atoms with Crippen molar-refractivity contribution in [3.8, 4) is 5.75 Å². The number of rotatable bonds is 8. The Morgan fingerprint density at radius 3 is 2.48 bits per heavy atom. The fourth-order valence-electron chi connectivity index (χ4n) is 2.23. The summed E-state index contributed by atoms with van der Waals surface area (Å²) in [5.41, 5.74) is 4.90. The highest BCUT2D eigenvalue weighted by molar-refractivity contribution is 7.99. The molecule has 0 radical (unpaired) electrons. The van der Waals surface area contributed by atoms with E-state index in [-0.39, 0.29) is 5.75 Å². The lowest BCUT2D eigenvalue weighted by atomic mass is 10.1. The standard InChI is InChI=1S/C19H19FN2O4S/c1-12(21-22-19(25)13-3-6-16(20)7-4-13)14-5-8-17(26-2)15(9-14)10-27-11-18(23)24/h3-9H,10-11H2,1-2H3,(H,22,25)(H,23,24)/b21-12-. The van der Waals surface area contributed by atoms with Crippen molar-refractivity contribution in [3.05, 3.63) is 65.0 Å². The first-order valence-corrected chi connectivity index (χ1v) is 9.13. The third-order valence-electron chi connectivity index (χ3n) is 3.61. The van der Waals surface area contributed by atoms with Crippen molar-refractivity contribution in [2.75, 3.05) is 12.9 Å². The van der Waals surface area contributed by atoms with Crippen molar-refractivity contribution < 1.29 is 23.8 Å². The van der Waals surface area contributed by atoms with E-state index in [1.165, 1.54) is 36.0 Å². The zero-order valence-electron chi connectivity index (χ0n) is 14.9. The van der Waals surface area contributed by atoms with E-state index in [1.807, 2.05) is 6.07 Å². The van der Waals surface area contributed by atoms with E-state index < -0.39 is 17.7 Å². The number of hydrogen-bond donors (Lipinski definition) is 2. The Morgan fingerprint density at radius 2 is 1.85 bits per heavy atom. The lowest BCUT2D eigenvalue weighted by Gasteiger charge is -2.10. The van der Waals surface area contributed by atoms with E-state index in [9.17, 15) is 14.0 Å². The number of carboxylic acids is 1. The number of ether oxygens (including phenoxy) is 1. The molecule has 0 bridgehead atoms.